The lowest BCUT2D eigenvalue weighted by molar-refractivity contribution is -0.392. The third kappa shape index (κ3) is 3.11. The van der Waals surface area contributed by atoms with Gasteiger partial charge in [-0.3, -0.25) is 30.2 Å². The molecule has 1 aliphatic carbocycles. The van der Waals surface area contributed by atoms with E-state index >= 15 is 0 Å². The second kappa shape index (κ2) is 6.35. The molecule has 118 valence electrons. The second-order valence-corrected chi connectivity index (χ2v) is 4.97. The first-order chi connectivity index (χ1) is 10.4. The van der Waals surface area contributed by atoms with E-state index in [-0.39, 0.29) is 17.3 Å². The van der Waals surface area contributed by atoms with Crippen LogP contribution in [0.4, 0.5) is 17.1 Å². The maximum absolute atomic E-state index is 11.4. The summed E-state index contributed by atoms with van der Waals surface area (Å²) in [5.74, 6) is -1.06. The van der Waals surface area contributed by atoms with Crippen LogP contribution >= 0.6 is 0 Å². The molecule has 10 heteroatoms. The van der Waals surface area contributed by atoms with Gasteiger partial charge in [0.2, 0.25) is 0 Å². The molecule has 0 radical (unpaired) electrons. The van der Waals surface area contributed by atoms with Crippen molar-refractivity contribution in [1.29, 1.82) is 0 Å². The predicted molar refractivity (Wildman–Crippen MR) is 74.9 cm³/mol. The van der Waals surface area contributed by atoms with Crippen molar-refractivity contribution in [1.82, 2.24) is 5.48 Å². The van der Waals surface area contributed by atoms with E-state index in [1.807, 2.05) is 0 Å². The number of rotatable bonds is 5. The summed E-state index contributed by atoms with van der Waals surface area (Å²) in [4.78, 5) is 32.2. The summed E-state index contributed by atoms with van der Waals surface area (Å²) in [6.07, 6.45) is 3.44. The molecule has 0 spiro atoms. The number of nitro benzene ring substituents is 2. The molecular weight excluding hydrogens is 296 g/mol. The van der Waals surface area contributed by atoms with E-state index < -0.39 is 27.1 Å². The van der Waals surface area contributed by atoms with Crippen molar-refractivity contribution >= 4 is 23.0 Å². The third-order valence-electron chi connectivity index (χ3n) is 3.56. The molecule has 1 aromatic carbocycles. The quantitative estimate of drug-likeness (QED) is 0.427. The SMILES string of the molecule is O=C(NO)c1cc([N+](=O)[O-])c(NC2CCCC2)c([N+](=O)[O-])c1. The number of carbonyl (C=O) groups excluding carboxylic acids is 1. The molecule has 3 N–H and O–H groups in total. The fourth-order valence-electron chi connectivity index (χ4n) is 2.52. The second-order valence-electron chi connectivity index (χ2n) is 4.97. The van der Waals surface area contributed by atoms with Crippen LogP contribution in [0.1, 0.15) is 36.0 Å². The first-order valence-corrected chi connectivity index (χ1v) is 6.62. The van der Waals surface area contributed by atoms with Gasteiger partial charge in [-0.1, -0.05) is 12.8 Å². The normalized spacial score (nSPS) is 14.6. The molecule has 1 aromatic rings. The summed E-state index contributed by atoms with van der Waals surface area (Å²) in [7, 11) is 0. The molecule has 0 heterocycles. The van der Waals surface area contributed by atoms with Crippen LogP contribution in [0, 0.1) is 20.2 Å². The molecular formula is C12H14N4O6. The van der Waals surface area contributed by atoms with Crippen molar-refractivity contribution in [3.63, 3.8) is 0 Å². The van der Waals surface area contributed by atoms with Crippen molar-refractivity contribution < 1.29 is 19.8 Å². The average molecular weight is 310 g/mol. The summed E-state index contributed by atoms with van der Waals surface area (Å²) >= 11 is 0. The molecule has 0 atom stereocenters. The number of nitro groups is 2. The van der Waals surface area contributed by atoms with Crippen molar-refractivity contribution in [3.8, 4) is 0 Å². The Morgan fingerprint density at radius 1 is 1.14 bits per heavy atom. The van der Waals surface area contributed by atoms with E-state index in [0.717, 1.165) is 37.8 Å². The van der Waals surface area contributed by atoms with Crippen LogP contribution in [0.15, 0.2) is 12.1 Å². The van der Waals surface area contributed by atoms with Gasteiger partial charge < -0.3 is 5.32 Å². The van der Waals surface area contributed by atoms with Gasteiger partial charge in [0, 0.05) is 18.2 Å². The minimum absolute atomic E-state index is 0.0741. The highest BCUT2D eigenvalue weighted by molar-refractivity contribution is 5.96. The minimum atomic E-state index is -1.06. The molecule has 0 saturated heterocycles. The maximum atomic E-state index is 11.4. The molecule has 0 aromatic heterocycles. The van der Waals surface area contributed by atoms with Crippen molar-refractivity contribution in [2.75, 3.05) is 5.32 Å². The van der Waals surface area contributed by atoms with Gasteiger partial charge >= 0.3 is 0 Å². The van der Waals surface area contributed by atoms with Crippen molar-refractivity contribution in [2.24, 2.45) is 0 Å². The zero-order valence-electron chi connectivity index (χ0n) is 11.4. The molecule has 1 saturated carbocycles. The Bertz CT molecular complexity index is 591. The first kappa shape index (κ1) is 15.6. The van der Waals surface area contributed by atoms with Crippen molar-refractivity contribution in [3.05, 3.63) is 37.9 Å². The van der Waals surface area contributed by atoms with Crippen LogP contribution in [0.5, 0.6) is 0 Å². The Morgan fingerprint density at radius 3 is 2.05 bits per heavy atom. The zero-order chi connectivity index (χ0) is 16.3. The van der Waals surface area contributed by atoms with Gasteiger partial charge in [-0.2, -0.15) is 0 Å². The van der Waals surface area contributed by atoms with Gasteiger partial charge in [-0.05, 0) is 12.8 Å². The highest BCUT2D eigenvalue weighted by Gasteiger charge is 2.30. The fourth-order valence-corrected chi connectivity index (χ4v) is 2.52. The van der Waals surface area contributed by atoms with E-state index in [9.17, 15) is 25.0 Å². The summed E-state index contributed by atoms with van der Waals surface area (Å²) in [5, 5.41) is 33.8. The molecule has 2 rings (SSSR count). The molecule has 0 bridgehead atoms. The molecule has 1 fully saturated rings. The molecule has 0 aliphatic heterocycles. The molecule has 22 heavy (non-hydrogen) atoms. The van der Waals surface area contributed by atoms with E-state index in [4.69, 9.17) is 5.21 Å². The molecule has 10 nitrogen and oxygen atoms in total. The average Bonchev–Trinajstić information content (AvgIpc) is 2.98. The van der Waals surface area contributed by atoms with Crippen molar-refractivity contribution in [2.45, 2.75) is 31.7 Å². The number of amides is 1. The fraction of sp³-hybridized carbons (Fsp3) is 0.417. The zero-order valence-corrected chi connectivity index (χ0v) is 11.4. The lowest BCUT2D eigenvalue weighted by Gasteiger charge is -2.14. The summed E-state index contributed by atoms with van der Waals surface area (Å²) in [5.41, 5.74) is -0.413. The number of benzene rings is 1. The standard InChI is InChI=1S/C12H14N4O6/c17-12(14-18)7-5-9(15(19)20)11(10(6-7)16(21)22)13-8-3-1-2-4-8/h5-6,8,13,18H,1-4H2,(H,14,17). The van der Waals surface area contributed by atoms with Gasteiger partial charge in [0.05, 0.1) is 15.4 Å². The number of carbonyl (C=O) groups is 1. The Morgan fingerprint density at radius 2 is 1.64 bits per heavy atom. The van der Waals surface area contributed by atoms with E-state index in [1.165, 1.54) is 5.48 Å². The van der Waals surface area contributed by atoms with Crippen LogP contribution in [-0.2, 0) is 0 Å². The highest BCUT2D eigenvalue weighted by atomic mass is 16.6. The van der Waals surface area contributed by atoms with Crippen LogP contribution in [0.25, 0.3) is 0 Å². The van der Waals surface area contributed by atoms with Crippen LogP contribution in [-0.4, -0.2) is 27.0 Å². The van der Waals surface area contributed by atoms with E-state index in [2.05, 4.69) is 5.32 Å². The molecule has 1 aliphatic rings. The maximum Gasteiger partial charge on any atom is 0.300 e. The lowest BCUT2D eigenvalue weighted by Crippen LogP contribution is -2.20. The number of nitrogens with zero attached hydrogens (tertiary/aromatic N) is 2. The van der Waals surface area contributed by atoms with Crippen LogP contribution in [0.2, 0.25) is 0 Å². The van der Waals surface area contributed by atoms with Gasteiger partial charge in [-0.15, -0.1) is 0 Å². The van der Waals surface area contributed by atoms with E-state index in [1.54, 1.807) is 0 Å². The first-order valence-electron chi connectivity index (χ1n) is 6.62. The summed E-state index contributed by atoms with van der Waals surface area (Å²) in [6, 6.07) is 1.72. The monoisotopic (exact) mass is 310 g/mol. The van der Waals surface area contributed by atoms with Crippen LogP contribution in [0.3, 0.4) is 0 Å². The van der Waals surface area contributed by atoms with Gasteiger partial charge in [0.25, 0.3) is 17.3 Å². The lowest BCUT2D eigenvalue weighted by atomic mass is 10.1. The third-order valence-corrected chi connectivity index (χ3v) is 3.56. The van der Waals surface area contributed by atoms with Gasteiger partial charge in [-0.25, -0.2) is 5.48 Å². The Kier molecular flexibility index (Phi) is 4.51. The highest BCUT2D eigenvalue weighted by Crippen LogP contribution is 2.37. The Hall–Kier alpha value is -2.75. The summed E-state index contributed by atoms with van der Waals surface area (Å²) < 4.78 is 0. The molecule has 0 unspecified atom stereocenters. The number of hydroxylamine groups is 1. The Balaban J connectivity index is 2.54. The van der Waals surface area contributed by atoms with Gasteiger partial charge in [0.1, 0.15) is 0 Å². The number of nitrogens with one attached hydrogen (secondary N) is 2. The minimum Gasteiger partial charge on any atom is -0.371 e. The topological polar surface area (TPSA) is 148 Å². The summed E-state index contributed by atoms with van der Waals surface area (Å²) in [6.45, 7) is 0. The van der Waals surface area contributed by atoms with Crippen LogP contribution < -0.4 is 10.8 Å². The number of hydrogen-bond donors (Lipinski definition) is 3. The van der Waals surface area contributed by atoms with E-state index in [0.29, 0.717) is 0 Å². The predicted octanol–water partition coefficient (Wildman–Crippen LogP) is 1.98. The largest absolute Gasteiger partial charge is 0.371 e. The smallest absolute Gasteiger partial charge is 0.300 e. The number of anilines is 1. The molecule has 1 amide bonds. The Labute approximate surface area is 124 Å². The van der Waals surface area contributed by atoms with Gasteiger partial charge in [0.15, 0.2) is 5.69 Å². The number of hydrogen-bond acceptors (Lipinski definition) is 7.